The molecule has 2 rings (SSSR count). The number of nitrogen functional groups attached to an aromatic ring is 1. The quantitative estimate of drug-likeness (QED) is 0.320. The first kappa shape index (κ1) is 14.1. The van der Waals surface area contributed by atoms with Crippen molar-refractivity contribution in [1.82, 2.24) is 30.2 Å². The summed E-state index contributed by atoms with van der Waals surface area (Å²) in [5, 5.41) is 21.8. The number of hydrogen-bond acceptors (Lipinski definition) is 7. The van der Waals surface area contributed by atoms with E-state index in [1.807, 2.05) is 5.43 Å². The van der Waals surface area contributed by atoms with E-state index in [0.29, 0.717) is 17.6 Å². The van der Waals surface area contributed by atoms with Crippen LogP contribution in [0, 0.1) is 10.1 Å². The van der Waals surface area contributed by atoms with Gasteiger partial charge in [0.15, 0.2) is 5.69 Å². The molecule has 0 saturated carbocycles. The van der Waals surface area contributed by atoms with Crippen LogP contribution in [0.25, 0.3) is 0 Å². The Hall–Kier alpha value is -2.34. The van der Waals surface area contributed by atoms with Crippen molar-refractivity contribution in [2.45, 2.75) is 13.1 Å². The summed E-state index contributed by atoms with van der Waals surface area (Å²) in [5.74, 6) is 4.16. The number of nitrogens with zero attached hydrogens (tertiary/aromatic N) is 6. The molecule has 0 aromatic carbocycles. The van der Waals surface area contributed by atoms with Crippen LogP contribution in [0.1, 0.15) is 10.5 Å². The Kier molecular flexibility index (Phi) is 4.05. The fourth-order valence-electron chi connectivity index (χ4n) is 1.42. The Labute approximate surface area is 120 Å². The smallest absolute Gasteiger partial charge is 0.358 e. The number of nitrogens with two attached hydrogens (primary N) is 1. The van der Waals surface area contributed by atoms with Gasteiger partial charge in [-0.15, -0.1) is 5.10 Å². The standard InChI is InChI=1S/C8H9BrN8O3/c9-5-3-15(13-7(5)17(19)20)1-2-16-4-6(12-14-16)8(18)11-10/h3-4H,1-2,10H2,(H,11,18). The molecule has 2 aromatic heterocycles. The molecule has 0 aliphatic heterocycles. The van der Waals surface area contributed by atoms with Crippen molar-refractivity contribution >= 4 is 27.7 Å². The summed E-state index contributed by atoms with van der Waals surface area (Å²) < 4.78 is 3.10. The van der Waals surface area contributed by atoms with Gasteiger partial charge in [0, 0.05) is 0 Å². The van der Waals surface area contributed by atoms with Crippen LogP contribution in [0.3, 0.4) is 0 Å². The van der Waals surface area contributed by atoms with E-state index in [9.17, 15) is 14.9 Å². The lowest BCUT2D eigenvalue weighted by Gasteiger charge is -1.97. The highest BCUT2D eigenvalue weighted by molar-refractivity contribution is 9.10. The van der Waals surface area contributed by atoms with E-state index in [4.69, 9.17) is 5.84 Å². The minimum Gasteiger partial charge on any atom is -0.358 e. The van der Waals surface area contributed by atoms with Gasteiger partial charge in [0.25, 0.3) is 5.91 Å². The molecule has 0 bridgehead atoms. The largest absolute Gasteiger partial charge is 0.404 e. The molecule has 0 aliphatic carbocycles. The third kappa shape index (κ3) is 2.97. The number of hydrazine groups is 1. The second-order valence-corrected chi connectivity index (χ2v) is 4.52. The lowest BCUT2D eigenvalue weighted by Crippen LogP contribution is -2.30. The number of hydrogen-bond donors (Lipinski definition) is 2. The number of amides is 1. The van der Waals surface area contributed by atoms with E-state index in [2.05, 4.69) is 31.3 Å². The van der Waals surface area contributed by atoms with Crippen molar-refractivity contribution in [2.24, 2.45) is 5.84 Å². The molecule has 106 valence electrons. The van der Waals surface area contributed by atoms with Crippen LogP contribution in [0.15, 0.2) is 16.9 Å². The Morgan fingerprint density at radius 3 is 2.75 bits per heavy atom. The zero-order chi connectivity index (χ0) is 14.7. The Bertz CT molecular complexity index is 650. The molecule has 12 heteroatoms. The highest BCUT2D eigenvalue weighted by atomic mass is 79.9. The lowest BCUT2D eigenvalue weighted by atomic mass is 10.4. The zero-order valence-electron chi connectivity index (χ0n) is 9.93. The molecule has 11 nitrogen and oxygen atoms in total. The SMILES string of the molecule is NNC(=O)c1cn(CCn2cc(Br)c([N+](=O)[O-])n2)nn1. The molecule has 2 heterocycles. The number of nitrogens with one attached hydrogen (secondary N) is 1. The Morgan fingerprint density at radius 1 is 1.45 bits per heavy atom. The Balaban J connectivity index is 2.02. The molecule has 1 amide bonds. The second-order valence-electron chi connectivity index (χ2n) is 3.66. The molecule has 20 heavy (non-hydrogen) atoms. The average molecular weight is 345 g/mol. The van der Waals surface area contributed by atoms with E-state index in [1.165, 1.54) is 21.8 Å². The minimum absolute atomic E-state index is 0.0835. The van der Waals surface area contributed by atoms with Crippen LogP contribution in [0.2, 0.25) is 0 Å². The minimum atomic E-state index is -0.584. The predicted octanol–water partition coefficient (Wildman–Crippen LogP) is -0.551. The second kappa shape index (κ2) is 5.75. The average Bonchev–Trinajstić information content (AvgIpc) is 3.02. The fourth-order valence-corrected chi connectivity index (χ4v) is 1.88. The summed E-state index contributed by atoms with van der Waals surface area (Å²) in [6.07, 6.45) is 2.90. The zero-order valence-corrected chi connectivity index (χ0v) is 11.5. The maximum absolute atomic E-state index is 11.2. The van der Waals surface area contributed by atoms with Crippen LogP contribution < -0.4 is 11.3 Å². The fraction of sp³-hybridized carbons (Fsp3) is 0.250. The number of carbonyl (C=O) groups is 1. The van der Waals surface area contributed by atoms with Gasteiger partial charge in [-0.3, -0.25) is 10.2 Å². The van der Waals surface area contributed by atoms with Crippen LogP contribution in [-0.2, 0) is 13.1 Å². The van der Waals surface area contributed by atoms with Crippen LogP contribution in [-0.4, -0.2) is 35.6 Å². The van der Waals surface area contributed by atoms with Gasteiger partial charge in [0.1, 0.15) is 4.47 Å². The van der Waals surface area contributed by atoms with Gasteiger partial charge < -0.3 is 10.1 Å². The third-order valence-corrected chi connectivity index (χ3v) is 2.89. The normalized spacial score (nSPS) is 10.5. The number of carbonyl (C=O) groups excluding carboxylic acids is 1. The summed E-state index contributed by atoms with van der Waals surface area (Å²) in [7, 11) is 0. The molecule has 0 radical (unpaired) electrons. The molecule has 0 atom stereocenters. The maximum Gasteiger partial charge on any atom is 0.404 e. The van der Waals surface area contributed by atoms with E-state index in [1.54, 1.807) is 0 Å². The molecule has 3 N–H and O–H groups in total. The van der Waals surface area contributed by atoms with Gasteiger partial charge in [-0.05, 0) is 20.9 Å². The molecular weight excluding hydrogens is 336 g/mol. The summed E-state index contributed by atoms with van der Waals surface area (Å²) in [4.78, 5) is 21.2. The molecule has 2 aromatic rings. The number of nitro groups is 1. The molecule has 0 unspecified atom stereocenters. The maximum atomic E-state index is 11.2. The third-order valence-electron chi connectivity index (χ3n) is 2.33. The van der Waals surface area contributed by atoms with Gasteiger partial charge in [0.05, 0.1) is 30.6 Å². The van der Waals surface area contributed by atoms with Crippen molar-refractivity contribution in [3.8, 4) is 0 Å². The summed E-state index contributed by atoms with van der Waals surface area (Å²) >= 11 is 3.05. The predicted molar refractivity (Wildman–Crippen MR) is 68.3 cm³/mol. The van der Waals surface area contributed by atoms with Gasteiger partial charge in [-0.1, -0.05) is 5.21 Å². The first-order valence-electron chi connectivity index (χ1n) is 5.29. The van der Waals surface area contributed by atoms with Gasteiger partial charge in [0.2, 0.25) is 0 Å². The van der Waals surface area contributed by atoms with Gasteiger partial charge >= 0.3 is 5.82 Å². The van der Waals surface area contributed by atoms with E-state index in [-0.39, 0.29) is 11.5 Å². The van der Waals surface area contributed by atoms with Crippen LogP contribution >= 0.6 is 15.9 Å². The number of halogens is 1. The summed E-state index contributed by atoms with van der Waals surface area (Å²) in [6.45, 7) is 0.676. The molecule has 0 spiro atoms. The first-order chi connectivity index (χ1) is 9.51. The topological polar surface area (TPSA) is 147 Å². The highest BCUT2D eigenvalue weighted by Gasteiger charge is 2.18. The first-order valence-corrected chi connectivity index (χ1v) is 6.09. The van der Waals surface area contributed by atoms with Gasteiger partial charge in [-0.25, -0.2) is 10.5 Å². The van der Waals surface area contributed by atoms with Gasteiger partial charge in [-0.2, -0.15) is 4.68 Å². The summed E-state index contributed by atoms with van der Waals surface area (Å²) in [6, 6.07) is 0. The highest BCUT2D eigenvalue weighted by Crippen LogP contribution is 2.21. The van der Waals surface area contributed by atoms with Crippen molar-refractivity contribution in [3.63, 3.8) is 0 Å². The molecular formula is C8H9BrN8O3. The van der Waals surface area contributed by atoms with Crippen molar-refractivity contribution in [2.75, 3.05) is 0 Å². The van der Waals surface area contributed by atoms with Crippen molar-refractivity contribution < 1.29 is 9.72 Å². The number of aromatic nitrogens is 5. The van der Waals surface area contributed by atoms with Crippen molar-refractivity contribution in [1.29, 1.82) is 0 Å². The monoisotopic (exact) mass is 344 g/mol. The summed E-state index contributed by atoms with van der Waals surface area (Å²) in [5.41, 5.74) is 2.02. The lowest BCUT2D eigenvalue weighted by molar-refractivity contribution is -0.390. The number of rotatable bonds is 5. The molecule has 0 aliphatic rings. The number of aryl methyl sites for hydroxylation is 2. The Morgan fingerprint density at radius 2 is 2.15 bits per heavy atom. The van der Waals surface area contributed by atoms with E-state index < -0.39 is 10.8 Å². The van der Waals surface area contributed by atoms with Crippen LogP contribution in [0.4, 0.5) is 5.82 Å². The molecule has 0 fully saturated rings. The van der Waals surface area contributed by atoms with E-state index >= 15 is 0 Å². The van der Waals surface area contributed by atoms with Crippen molar-refractivity contribution in [3.05, 3.63) is 32.7 Å². The molecule has 0 saturated heterocycles. The van der Waals surface area contributed by atoms with E-state index in [0.717, 1.165) is 0 Å². The van der Waals surface area contributed by atoms with Crippen LogP contribution in [0.5, 0.6) is 0 Å².